The first-order valence-corrected chi connectivity index (χ1v) is 7.07. The predicted octanol–water partition coefficient (Wildman–Crippen LogP) is 4.40. The minimum atomic E-state index is 1.17. The average molecular weight is 212 g/mol. The smallest absolute Gasteiger partial charge is 0.0182 e. The zero-order valence-corrected chi connectivity index (χ0v) is 9.88. The van der Waals surface area contributed by atoms with E-state index in [1.165, 1.54) is 29.1 Å². The zero-order valence-electron chi connectivity index (χ0n) is 8.25. The van der Waals surface area contributed by atoms with Crippen LogP contribution in [0.1, 0.15) is 25.8 Å². The van der Waals surface area contributed by atoms with Gasteiger partial charge in [0, 0.05) is 10.6 Å². The minimum absolute atomic E-state index is 1.17. The Morgan fingerprint density at radius 1 is 1.08 bits per heavy atom. The summed E-state index contributed by atoms with van der Waals surface area (Å²) in [5.41, 5.74) is 1.45. The second kappa shape index (κ2) is 6.39. The molecule has 13 heavy (non-hydrogen) atoms. The fourth-order valence-electron chi connectivity index (χ4n) is 1.13. The zero-order chi connectivity index (χ0) is 9.52. The standard InChI is InChI=1S/C11H16S2/c1-3-5-10-6-8-11(9-7-10)13-12-4-2/h6-9H,3-5H2,1-2H3. The Hall–Kier alpha value is -0.0800. The summed E-state index contributed by atoms with van der Waals surface area (Å²) in [6.45, 7) is 4.40. The van der Waals surface area contributed by atoms with E-state index < -0.39 is 0 Å². The van der Waals surface area contributed by atoms with Gasteiger partial charge in [0.25, 0.3) is 0 Å². The van der Waals surface area contributed by atoms with Gasteiger partial charge in [-0.05, 0) is 24.1 Å². The quantitative estimate of drug-likeness (QED) is 0.664. The van der Waals surface area contributed by atoms with Crippen LogP contribution in [0, 0.1) is 0 Å². The highest BCUT2D eigenvalue weighted by Gasteiger charge is 1.94. The average Bonchev–Trinajstić information content (AvgIpc) is 2.17. The molecule has 2 heteroatoms. The molecule has 0 aliphatic heterocycles. The molecule has 72 valence electrons. The van der Waals surface area contributed by atoms with Crippen molar-refractivity contribution in [2.75, 3.05) is 5.75 Å². The third-order valence-electron chi connectivity index (χ3n) is 1.74. The van der Waals surface area contributed by atoms with E-state index in [9.17, 15) is 0 Å². The lowest BCUT2D eigenvalue weighted by molar-refractivity contribution is 0.920. The Morgan fingerprint density at radius 2 is 1.77 bits per heavy atom. The summed E-state index contributed by atoms with van der Waals surface area (Å²) in [5, 5.41) is 0. The predicted molar refractivity (Wildman–Crippen MR) is 64.4 cm³/mol. The third-order valence-corrected chi connectivity index (χ3v) is 4.19. The van der Waals surface area contributed by atoms with Crippen molar-refractivity contribution in [2.24, 2.45) is 0 Å². The van der Waals surface area contributed by atoms with Gasteiger partial charge in [-0.1, -0.05) is 54.0 Å². The Morgan fingerprint density at radius 3 is 2.31 bits per heavy atom. The highest BCUT2D eigenvalue weighted by Crippen LogP contribution is 2.30. The van der Waals surface area contributed by atoms with E-state index in [0.717, 1.165) is 0 Å². The summed E-state index contributed by atoms with van der Waals surface area (Å²) >= 11 is 0. The normalized spacial score (nSPS) is 10.3. The minimum Gasteiger partial charge on any atom is -0.0892 e. The molecule has 0 saturated carbocycles. The number of rotatable bonds is 5. The van der Waals surface area contributed by atoms with Crippen LogP contribution in [0.4, 0.5) is 0 Å². The molecule has 0 radical (unpaired) electrons. The molecule has 0 fully saturated rings. The Kier molecular flexibility index (Phi) is 5.40. The third kappa shape index (κ3) is 4.10. The van der Waals surface area contributed by atoms with Gasteiger partial charge in [0.15, 0.2) is 0 Å². The Balaban J connectivity index is 2.48. The van der Waals surface area contributed by atoms with Gasteiger partial charge in [0.1, 0.15) is 0 Å². The van der Waals surface area contributed by atoms with Crippen LogP contribution in [0.3, 0.4) is 0 Å². The van der Waals surface area contributed by atoms with Gasteiger partial charge in [-0.3, -0.25) is 0 Å². The highest BCUT2D eigenvalue weighted by atomic mass is 33.1. The molecule has 0 heterocycles. The lowest BCUT2D eigenvalue weighted by Gasteiger charge is -2.01. The van der Waals surface area contributed by atoms with E-state index in [0.29, 0.717) is 0 Å². The molecule has 0 unspecified atom stereocenters. The van der Waals surface area contributed by atoms with Gasteiger partial charge in [-0.25, -0.2) is 0 Å². The van der Waals surface area contributed by atoms with Crippen molar-refractivity contribution in [2.45, 2.75) is 31.6 Å². The van der Waals surface area contributed by atoms with E-state index in [-0.39, 0.29) is 0 Å². The van der Waals surface area contributed by atoms with Crippen molar-refractivity contribution in [1.82, 2.24) is 0 Å². The fourth-order valence-corrected chi connectivity index (χ4v) is 2.72. The van der Waals surface area contributed by atoms with Gasteiger partial charge < -0.3 is 0 Å². The van der Waals surface area contributed by atoms with Gasteiger partial charge >= 0.3 is 0 Å². The maximum absolute atomic E-state index is 2.24. The number of hydrogen-bond donors (Lipinski definition) is 0. The van der Waals surface area contributed by atoms with Crippen LogP contribution in [0.2, 0.25) is 0 Å². The van der Waals surface area contributed by atoms with Crippen LogP contribution < -0.4 is 0 Å². The van der Waals surface area contributed by atoms with Crippen molar-refractivity contribution in [3.05, 3.63) is 29.8 Å². The molecule has 0 aliphatic carbocycles. The van der Waals surface area contributed by atoms with Crippen LogP contribution in [-0.4, -0.2) is 5.75 Å². The van der Waals surface area contributed by atoms with Gasteiger partial charge in [-0.2, -0.15) is 0 Å². The highest BCUT2D eigenvalue weighted by molar-refractivity contribution is 8.76. The van der Waals surface area contributed by atoms with Crippen molar-refractivity contribution < 1.29 is 0 Å². The molecule has 1 aromatic carbocycles. The summed E-state index contributed by atoms with van der Waals surface area (Å²) in [5.74, 6) is 1.17. The Bertz CT molecular complexity index is 228. The lowest BCUT2D eigenvalue weighted by atomic mass is 10.1. The lowest BCUT2D eigenvalue weighted by Crippen LogP contribution is -1.81. The maximum atomic E-state index is 2.24. The number of hydrogen-bond acceptors (Lipinski definition) is 2. The van der Waals surface area contributed by atoms with Gasteiger partial charge in [0.2, 0.25) is 0 Å². The Labute approximate surface area is 88.9 Å². The largest absolute Gasteiger partial charge is 0.0892 e. The van der Waals surface area contributed by atoms with Crippen LogP contribution in [-0.2, 0) is 6.42 Å². The molecule has 1 aromatic rings. The summed E-state index contributed by atoms with van der Waals surface area (Å²) in [7, 11) is 3.76. The molecule has 1 rings (SSSR count). The monoisotopic (exact) mass is 212 g/mol. The second-order valence-electron chi connectivity index (χ2n) is 2.88. The van der Waals surface area contributed by atoms with E-state index >= 15 is 0 Å². The molecule has 0 aromatic heterocycles. The molecular weight excluding hydrogens is 196 g/mol. The summed E-state index contributed by atoms with van der Waals surface area (Å²) in [6.07, 6.45) is 2.43. The number of benzene rings is 1. The first-order chi connectivity index (χ1) is 6.36. The first kappa shape index (κ1) is 11.0. The molecule has 0 spiro atoms. The molecule has 0 atom stereocenters. The van der Waals surface area contributed by atoms with E-state index in [4.69, 9.17) is 0 Å². The molecular formula is C11H16S2. The molecule has 0 saturated heterocycles. The molecule has 0 bridgehead atoms. The summed E-state index contributed by atoms with van der Waals surface area (Å²) in [4.78, 5) is 1.37. The number of aryl methyl sites for hydroxylation is 1. The van der Waals surface area contributed by atoms with Gasteiger partial charge in [-0.15, -0.1) is 0 Å². The van der Waals surface area contributed by atoms with Crippen molar-refractivity contribution in [3.8, 4) is 0 Å². The van der Waals surface area contributed by atoms with Gasteiger partial charge in [0.05, 0.1) is 0 Å². The first-order valence-electron chi connectivity index (χ1n) is 4.75. The molecule has 0 nitrogen and oxygen atoms in total. The van der Waals surface area contributed by atoms with E-state index in [1.807, 2.05) is 21.6 Å². The molecule has 0 N–H and O–H groups in total. The van der Waals surface area contributed by atoms with Crippen LogP contribution in [0.15, 0.2) is 29.2 Å². The fraction of sp³-hybridized carbons (Fsp3) is 0.455. The van der Waals surface area contributed by atoms with Crippen molar-refractivity contribution >= 4 is 21.6 Å². The molecule has 0 aliphatic rings. The topological polar surface area (TPSA) is 0 Å². The SMILES string of the molecule is CCCc1ccc(SSCC)cc1. The van der Waals surface area contributed by atoms with E-state index in [2.05, 4.69) is 38.1 Å². The van der Waals surface area contributed by atoms with Crippen LogP contribution in [0.25, 0.3) is 0 Å². The second-order valence-corrected chi connectivity index (χ2v) is 5.54. The van der Waals surface area contributed by atoms with Crippen LogP contribution in [0.5, 0.6) is 0 Å². The van der Waals surface area contributed by atoms with Crippen molar-refractivity contribution in [3.63, 3.8) is 0 Å². The maximum Gasteiger partial charge on any atom is 0.0182 e. The summed E-state index contributed by atoms with van der Waals surface area (Å²) < 4.78 is 0. The summed E-state index contributed by atoms with van der Waals surface area (Å²) in [6, 6.07) is 8.92. The van der Waals surface area contributed by atoms with E-state index in [1.54, 1.807) is 0 Å². The molecule has 0 amide bonds. The van der Waals surface area contributed by atoms with Crippen molar-refractivity contribution in [1.29, 1.82) is 0 Å². The van der Waals surface area contributed by atoms with Crippen LogP contribution >= 0.6 is 21.6 Å².